The first kappa shape index (κ1) is 27.2. The molecule has 0 atom stereocenters. The lowest BCUT2D eigenvalue weighted by Crippen LogP contribution is -2.39. The van der Waals surface area contributed by atoms with Crippen molar-refractivity contribution in [1.29, 1.82) is 0 Å². The van der Waals surface area contributed by atoms with Gasteiger partial charge < -0.3 is 4.74 Å². The van der Waals surface area contributed by atoms with Crippen LogP contribution in [0.3, 0.4) is 0 Å². The zero-order valence-electron chi connectivity index (χ0n) is 18.6. The van der Waals surface area contributed by atoms with Crippen molar-refractivity contribution < 1.29 is 17.9 Å². The van der Waals surface area contributed by atoms with Crippen LogP contribution in [-0.2, 0) is 21.4 Å². The zero-order chi connectivity index (χ0) is 25.4. The Bertz CT molecular complexity index is 1300. The molecule has 3 aromatic rings. The van der Waals surface area contributed by atoms with Gasteiger partial charge in [-0.25, -0.2) is 13.8 Å². The van der Waals surface area contributed by atoms with Crippen molar-refractivity contribution in [2.75, 3.05) is 13.2 Å². The molecule has 0 saturated heterocycles. The molecule has 0 radical (unpaired) electrons. The summed E-state index contributed by atoms with van der Waals surface area (Å²) in [7, 11) is -4.03. The molecule has 0 fully saturated rings. The number of benzene rings is 3. The SMILES string of the molecule is CCOc1ccc(/C=N/NC(=O)CN(Cc2ccc(Cl)cc2Cl)S(=O)(=O)c2ccc(Br)cc2)cc1. The molecular weight excluding hydrogens is 577 g/mol. The molecule has 7 nitrogen and oxygen atoms in total. The van der Waals surface area contributed by atoms with Crippen LogP contribution in [-0.4, -0.2) is 38.0 Å². The van der Waals surface area contributed by atoms with Gasteiger partial charge in [-0.05, 0) is 78.7 Å². The fourth-order valence-electron chi connectivity index (χ4n) is 3.01. The van der Waals surface area contributed by atoms with Gasteiger partial charge in [0.1, 0.15) is 5.75 Å². The molecule has 3 aromatic carbocycles. The van der Waals surface area contributed by atoms with Gasteiger partial charge in [0.05, 0.1) is 24.3 Å². The summed E-state index contributed by atoms with van der Waals surface area (Å²) in [5, 5.41) is 4.65. The van der Waals surface area contributed by atoms with E-state index in [4.69, 9.17) is 27.9 Å². The first-order valence-electron chi connectivity index (χ1n) is 10.4. The zero-order valence-corrected chi connectivity index (χ0v) is 22.5. The highest BCUT2D eigenvalue weighted by atomic mass is 79.9. The van der Waals surface area contributed by atoms with Crippen molar-refractivity contribution in [3.63, 3.8) is 0 Å². The number of hydrogen-bond acceptors (Lipinski definition) is 5. The molecule has 0 aliphatic rings. The summed E-state index contributed by atoms with van der Waals surface area (Å²) in [5.41, 5.74) is 3.61. The fourth-order valence-corrected chi connectivity index (χ4v) is 5.12. The lowest BCUT2D eigenvalue weighted by molar-refractivity contribution is -0.121. The molecule has 35 heavy (non-hydrogen) atoms. The average Bonchev–Trinajstić information content (AvgIpc) is 2.82. The van der Waals surface area contributed by atoms with Gasteiger partial charge in [-0.1, -0.05) is 45.2 Å². The molecule has 1 N–H and O–H groups in total. The summed E-state index contributed by atoms with van der Waals surface area (Å²) in [6, 6.07) is 18.0. The lowest BCUT2D eigenvalue weighted by Gasteiger charge is -2.22. The second kappa shape index (κ2) is 12.5. The van der Waals surface area contributed by atoms with Crippen LogP contribution in [0, 0.1) is 0 Å². The van der Waals surface area contributed by atoms with Crippen LogP contribution < -0.4 is 10.2 Å². The quantitative estimate of drug-likeness (QED) is 0.247. The Morgan fingerprint density at radius 3 is 2.40 bits per heavy atom. The van der Waals surface area contributed by atoms with Gasteiger partial charge in [-0.15, -0.1) is 0 Å². The van der Waals surface area contributed by atoms with E-state index >= 15 is 0 Å². The molecule has 0 saturated carbocycles. The van der Waals surface area contributed by atoms with E-state index in [9.17, 15) is 13.2 Å². The van der Waals surface area contributed by atoms with E-state index in [0.717, 1.165) is 20.1 Å². The molecule has 0 heterocycles. The summed E-state index contributed by atoms with van der Waals surface area (Å²) >= 11 is 15.5. The Balaban J connectivity index is 1.77. The second-order valence-corrected chi connectivity index (χ2v) is 11.0. The third kappa shape index (κ3) is 7.78. The van der Waals surface area contributed by atoms with Crippen molar-refractivity contribution >= 4 is 61.3 Å². The van der Waals surface area contributed by atoms with E-state index in [1.165, 1.54) is 24.4 Å². The van der Waals surface area contributed by atoms with E-state index in [1.807, 2.05) is 6.92 Å². The molecular formula is C24H22BrCl2N3O4S. The van der Waals surface area contributed by atoms with E-state index < -0.39 is 22.5 Å². The van der Waals surface area contributed by atoms with Crippen molar-refractivity contribution in [3.05, 3.63) is 92.4 Å². The van der Waals surface area contributed by atoms with Crippen LogP contribution in [0.25, 0.3) is 0 Å². The summed E-state index contributed by atoms with van der Waals surface area (Å²) < 4.78 is 33.9. The molecule has 0 aliphatic carbocycles. The minimum Gasteiger partial charge on any atom is -0.494 e. The number of hydrazone groups is 1. The van der Waals surface area contributed by atoms with Crippen LogP contribution in [0.4, 0.5) is 0 Å². The maximum atomic E-state index is 13.4. The molecule has 11 heteroatoms. The van der Waals surface area contributed by atoms with E-state index in [1.54, 1.807) is 48.5 Å². The second-order valence-electron chi connectivity index (χ2n) is 7.26. The van der Waals surface area contributed by atoms with Gasteiger partial charge in [-0.2, -0.15) is 9.41 Å². The first-order chi connectivity index (χ1) is 16.7. The smallest absolute Gasteiger partial charge is 0.255 e. The van der Waals surface area contributed by atoms with Gasteiger partial charge in [0, 0.05) is 21.1 Å². The molecule has 0 spiro atoms. The van der Waals surface area contributed by atoms with Gasteiger partial charge in [-0.3, -0.25) is 4.79 Å². The summed E-state index contributed by atoms with van der Waals surface area (Å²) in [6.45, 7) is 1.85. The summed E-state index contributed by atoms with van der Waals surface area (Å²) in [4.78, 5) is 12.7. The first-order valence-corrected chi connectivity index (χ1v) is 13.4. The normalized spacial score (nSPS) is 11.7. The third-order valence-corrected chi connectivity index (χ3v) is 7.65. The van der Waals surface area contributed by atoms with Crippen molar-refractivity contribution in [3.8, 4) is 5.75 Å². The summed E-state index contributed by atoms with van der Waals surface area (Å²) in [5.74, 6) is 0.112. The van der Waals surface area contributed by atoms with E-state index in [2.05, 4.69) is 26.5 Å². The Kier molecular flexibility index (Phi) is 9.71. The predicted molar refractivity (Wildman–Crippen MR) is 142 cm³/mol. The van der Waals surface area contributed by atoms with Crippen LogP contribution in [0.15, 0.2) is 81.2 Å². The molecule has 1 amide bonds. The van der Waals surface area contributed by atoms with Crippen molar-refractivity contribution in [2.45, 2.75) is 18.4 Å². The standard InChI is InChI=1S/C24H22BrCl2N3O4S/c1-2-34-21-9-3-17(4-10-21)14-28-29-24(31)16-30(15-18-5-8-20(26)13-23(18)27)35(32,33)22-11-6-19(25)7-12-22/h3-14H,2,15-16H2,1H3,(H,29,31)/b28-14+. The molecule has 0 bridgehead atoms. The Labute approximate surface area is 222 Å². The molecule has 0 unspecified atom stereocenters. The number of nitrogens with zero attached hydrogens (tertiary/aromatic N) is 2. The number of nitrogens with one attached hydrogen (secondary N) is 1. The highest BCUT2D eigenvalue weighted by molar-refractivity contribution is 9.10. The third-order valence-electron chi connectivity index (χ3n) is 4.73. The number of carbonyl (C=O) groups excluding carboxylic acids is 1. The maximum absolute atomic E-state index is 13.4. The molecule has 3 rings (SSSR count). The van der Waals surface area contributed by atoms with Crippen LogP contribution in [0.2, 0.25) is 10.0 Å². The fraction of sp³-hybridized carbons (Fsp3) is 0.167. The highest BCUT2D eigenvalue weighted by Crippen LogP contribution is 2.25. The van der Waals surface area contributed by atoms with Gasteiger partial charge in [0.15, 0.2) is 0 Å². The predicted octanol–water partition coefficient (Wildman–Crippen LogP) is 5.50. The summed E-state index contributed by atoms with van der Waals surface area (Å²) in [6.07, 6.45) is 1.46. The minimum atomic E-state index is -4.03. The van der Waals surface area contributed by atoms with E-state index in [-0.39, 0.29) is 11.4 Å². The number of hydrogen-bond donors (Lipinski definition) is 1. The number of carbonyl (C=O) groups is 1. The molecule has 0 aromatic heterocycles. The topological polar surface area (TPSA) is 88.1 Å². The molecule has 184 valence electrons. The number of halogens is 3. The molecule has 0 aliphatic heterocycles. The Morgan fingerprint density at radius 1 is 1.09 bits per heavy atom. The maximum Gasteiger partial charge on any atom is 0.255 e. The number of rotatable bonds is 10. The largest absolute Gasteiger partial charge is 0.494 e. The number of ether oxygens (including phenoxy) is 1. The van der Waals surface area contributed by atoms with Gasteiger partial charge in [0.2, 0.25) is 10.0 Å². The Hall–Kier alpha value is -2.43. The van der Waals surface area contributed by atoms with Gasteiger partial charge in [0.25, 0.3) is 5.91 Å². The monoisotopic (exact) mass is 597 g/mol. The van der Waals surface area contributed by atoms with Gasteiger partial charge >= 0.3 is 0 Å². The average molecular weight is 599 g/mol. The Morgan fingerprint density at radius 2 is 1.77 bits per heavy atom. The van der Waals surface area contributed by atoms with Crippen molar-refractivity contribution in [2.24, 2.45) is 5.10 Å². The highest BCUT2D eigenvalue weighted by Gasteiger charge is 2.27. The van der Waals surface area contributed by atoms with Crippen LogP contribution in [0.1, 0.15) is 18.1 Å². The van der Waals surface area contributed by atoms with Crippen molar-refractivity contribution in [1.82, 2.24) is 9.73 Å². The number of amides is 1. The minimum absolute atomic E-state index is 0.0384. The van der Waals surface area contributed by atoms with E-state index in [0.29, 0.717) is 22.2 Å². The number of sulfonamides is 1. The van der Waals surface area contributed by atoms with Crippen LogP contribution in [0.5, 0.6) is 5.75 Å². The van der Waals surface area contributed by atoms with Crippen LogP contribution >= 0.6 is 39.1 Å². The lowest BCUT2D eigenvalue weighted by atomic mass is 10.2.